The summed E-state index contributed by atoms with van der Waals surface area (Å²) in [5, 5.41) is 5.39. The van der Waals surface area contributed by atoms with E-state index in [1.165, 1.54) is 22.7 Å². The fraction of sp³-hybridized carbons (Fsp3) is 0.158. The maximum atomic E-state index is 12.5. The predicted octanol–water partition coefficient (Wildman–Crippen LogP) is 1.87. The van der Waals surface area contributed by atoms with Crippen molar-refractivity contribution in [3.8, 4) is 0 Å². The van der Waals surface area contributed by atoms with E-state index in [1.807, 2.05) is 0 Å². The highest BCUT2D eigenvalue weighted by Gasteiger charge is 2.27. The van der Waals surface area contributed by atoms with Crippen LogP contribution in [0, 0.1) is 0 Å². The normalized spacial score (nSPS) is 15.1. The van der Waals surface area contributed by atoms with Crippen molar-refractivity contribution in [1.82, 2.24) is 0 Å². The first kappa shape index (κ1) is 18.1. The molecule has 2 aromatic carbocycles. The smallest absolute Gasteiger partial charge is 0.338 e. The van der Waals surface area contributed by atoms with Crippen molar-refractivity contribution in [3.63, 3.8) is 0 Å². The lowest BCUT2D eigenvalue weighted by molar-refractivity contribution is -0.124. The fourth-order valence-electron chi connectivity index (χ4n) is 2.95. The number of ether oxygens (including phenoxy) is 1. The molecule has 2 aliphatic heterocycles. The molecule has 2 N–H and O–H groups in total. The Morgan fingerprint density at radius 3 is 2.68 bits per heavy atom. The van der Waals surface area contributed by atoms with Gasteiger partial charge >= 0.3 is 5.97 Å². The minimum absolute atomic E-state index is 0.139. The van der Waals surface area contributed by atoms with Gasteiger partial charge in [-0.3, -0.25) is 19.3 Å². The van der Waals surface area contributed by atoms with Gasteiger partial charge in [-0.05, 0) is 30.3 Å². The van der Waals surface area contributed by atoms with E-state index >= 15 is 0 Å². The maximum Gasteiger partial charge on any atom is 0.338 e. The van der Waals surface area contributed by atoms with Crippen molar-refractivity contribution < 1.29 is 23.9 Å². The van der Waals surface area contributed by atoms with Crippen molar-refractivity contribution in [3.05, 3.63) is 48.0 Å². The van der Waals surface area contributed by atoms with Gasteiger partial charge in [-0.1, -0.05) is 12.1 Å². The number of benzene rings is 2. The highest BCUT2D eigenvalue weighted by atomic mass is 32.2. The average Bonchev–Trinajstić information content (AvgIpc) is 2.70. The van der Waals surface area contributed by atoms with Crippen LogP contribution in [-0.4, -0.2) is 42.6 Å². The van der Waals surface area contributed by atoms with Crippen LogP contribution in [0.2, 0.25) is 0 Å². The van der Waals surface area contributed by atoms with E-state index in [-0.39, 0.29) is 23.9 Å². The van der Waals surface area contributed by atoms with Crippen molar-refractivity contribution in [1.29, 1.82) is 0 Å². The van der Waals surface area contributed by atoms with E-state index in [0.29, 0.717) is 22.8 Å². The number of nitrogens with zero attached hydrogens (tertiary/aromatic N) is 1. The number of fused-ring (bicyclic) bond motifs is 2. The first-order chi connectivity index (χ1) is 13.5. The van der Waals surface area contributed by atoms with Gasteiger partial charge in [0.2, 0.25) is 11.8 Å². The molecule has 0 atom stereocenters. The van der Waals surface area contributed by atoms with Crippen LogP contribution in [0.15, 0.2) is 47.4 Å². The summed E-state index contributed by atoms with van der Waals surface area (Å²) in [5.41, 5.74) is 1.85. The molecule has 0 spiro atoms. The van der Waals surface area contributed by atoms with Gasteiger partial charge in [0.15, 0.2) is 6.61 Å². The van der Waals surface area contributed by atoms with Crippen molar-refractivity contribution >= 4 is 52.5 Å². The first-order valence-electron chi connectivity index (χ1n) is 8.44. The second-order valence-electron chi connectivity index (χ2n) is 6.17. The molecule has 0 aromatic heterocycles. The van der Waals surface area contributed by atoms with E-state index in [4.69, 9.17) is 4.74 Å². The van der Waals surface area contributed by atoms with E-state index in [0.717, 1.165) is 4.90 Å². The summed E-state index contributed by atoms with van der Waals surface area (Å²) in [4.78, 5) is 50.3. The third-order valence-electron chi connectivity index (χ3n) is 4.25. The minimum Gasteiger partial charge on any atom is -0.452 e. The number of nitrogens with one attached hydrogen (secondary N) is 2. The number of carbonyl (C=O) groups excluding carboxylic acids is 4. The van der Waals surface area contributed by atoms with E-state index in [2.05, 4.69) is 10.6 Å². The van der Waals surface area contributed by atoms with Crippen molar-refractivity contribution in [2.75, 3.05) is 34.4 Å². The van der Waals surface area contributed by atoms with Crippen LogP contribution in [0.4, 0.5) is 17.1 Å². The van der Waals surface area contributed by atoms with Gasteiger partial charge in [0.1, 0.15) is 6.54 Å². The monoisotopic (exact) mass is 397 g/mol. The van der Waals surface area contributed by atoms with Crippen LogP contribution in [-0.2, 0) is 19.1 Å². The molecule has 2 aromatic rings. The van der Waals surface area contributed by atoms with Gasteiger partial charge in [-0.15, -0.1) is 11.8 Å². The number of hydrogen-bond donors (Lipinski definition) is 2. The Morgan fingerprint density at radius 2 is 1.82 bits per heavy atom. The molecular weight excluding hydrogens is 382 g/mol. The molecule has 0 bridgehead atoms. The topological polar surface area (TPSA) is 105 Å². The Kier molecular flexibility index (Phi) is 4.74. The molecule has 0 radical (unpaired) electrons. The molecule has 9 heteroatoms. The highest BCUT2D eigenvalue weighted by molar-refractivity contribution is 8.00. The summed E-state index contributed by atoms with van der Waals surface area (Å²) < 4.78 is 5.13. The third-order valence-corrected chi connectivity index (χ3v) is 5.32. The Labute approximate surface area is 164 Å². The van der Waals surface area contributed by atoms with Crippen molar-refractivity contribution in [2.24, 2.45) is 0 Å². The highest BCUT2D eigenvalue weighted by Crippen LogP contribution is 2.32. The summed E-state index contributed by atoms with van der Waals surface area (Å²) in [6.07, 6.45) is 0. The zero-order valence-corrected chi connectivity index (χ0v) is 15.4. The van der Waals surface area contributed by atoms with Gasteiger partial charge < -0.3 is 15.4 Å². The molecule has 0 aliphatic carbocycles. The zero-order valence-electron chi connectivity index (χ0n) is 14.6. The number of rotatable bonds is 3. The Bertz CT molecular complexity index is 1010. The van der Waals surface area contributed by atoms with E-state index in [1.54, 1.807) is 36.4 Å². The Hall–Kier alpha value is -3.33. The number of amides is 3. The lowest BCUT2D eigenvalue weighted by Crippen LogP contribution is -2.44. The molecule has 2 aliphatic rings. The SMILES string of the molecule is O=C1CSc2ccc(C(=O)OCC(=O)N3CC(=O)Nc4ccccc43)cc2N1. The zero-order chi connectivity index (χ0) is 19.7. The number of para-hydroxylation sites is 2. The predicted molar refractivity (Wildman–Crippen MR) is 104 cm³/mol. The van der Waals surface area contributed by atoms with Crippen LogP contribution < -0.4 is 15.5 Å². The van der Waals surface area contributed by atoms with Gasteiger partial charge in [0.05, 0.1) is 28.4 Å². The fourth-order valence-corrected chi connectivity index (χ4v) is 3.74. The summed E-state index contributed by atoms with van der Waals surface area (Å²) in [6.45, 7) is -0.645. The maximum absolute atomic E-state index is 12.5. The van der Waals surface area contributed by atoms with E-state index < -0.39 is 18.5 Å². The second kappa shape index (κ2) is 7.35. The summed E-state index contributed by atoms with van der Waals surface area (Å²) >= 11 is 1.39. The molecule has 2 heterocycles. The summed E-state index contributed by atoms with van der Waals surface area (Å²) in [7, 11) is 0. The molecule has 142 valence electrons. The number of carbonyl (C=O) groups is 4. The minimum atomic E-state index is -0.685. The lowest BCUT2D eigenvalue weighted by Gasteiger charge is -2.28. The molecular formula is C19H15N3O5S. The lowest BCUT2D eigenvalue weighted by atomic mass is 10.2. The van der Waals surface area contributed by atoms with Crippen LogP contribution in [0.25, 0.3) is 0 Å². The van der Waals surface area contributed by atoms with Crippen LogP contribution in [0.5, 0.6) is 0 Å². The number of thioether (sulfide) groups is 1. The molecule has 28 heavy (non-hydrogen) atoms. The van der Waals surface area contributed by atoms with Gasteiger partial charge in [0, 0.05) is 4.90 Å². The molecule has 0 fully saturated rings. The quantitative estimate of drug-likeness (QED) is 0.767. The van der Waals surface area contributed by atoms with E-state index in [9.17, 15) is 19.2 Å². The molecule has 3 amide bonds. The Balaban J connectivity index is 1.44. The van der Waals surface area contributed by atoms with Crippen LogP contribution in [0.1, 0.15) is 10.4 Å². The molecule has 0 saturated carbocycles. The van der Waals surface area contributed by atoms with Crippen molar-refractivity contribution in [2.45, 2.75) is 4.90 Å². The average molecular weight is 397 g/mol. The van der Waals surface area contributed by atoms with Gasteiger partial charge in [-0.25, -0.2) is 4.79 Å². The molecule has 8 nitrogen and oxygen atoms in total. The Morgan fingerprint density at radius 1 is 1.04 bits per heavy atom. The third kappa shape index (κ3) is 3.56. The summed E-state index contributed by atoms with van der Waals surface area (Å²) in [5.74, 6) is -1.31. The molecule has 0 saturated heterocycles. The molecule has 0 unspecified atom stereocenters. The number of anilines is 3. The van der Waals surface area contributed by atoms with Gasteiger partial charge in [-0.2, -0.15) is 0 Å². The molecule has 4 rings (SSSR count). The standard InChI is InChI=1S/C19H15N3O5S/c23-16-8-22(14-4-2-1-3-12(14)20-16)18(25)9-27-19(26)11-5-6-15-13(7-11)21-17(24)10-28-15/h1-7H,8-10H2,(H,20,23)(H,21,24). The van der Waals surface area contributed by atoms with Crippen LogP contribution >= 0.6 is 11.8 Å². The van der Waals surface area contributed by atoms with Gasteiger partial charge in [0.25, 0.3) is 5.91 Å². The van der Waals surface area contributed by atoms with Crippen LogP contribution in [0.3, 0.4) is 0 Å². The largest absolute Gasteiger partial charge is 0.452 e. The summed E-state index contributed by atoms with van der Waals surface area (Å²) in [6, 6.07) is 11.7. The number of hydrogen-bond acceptors (Lipinski definition) is 6. The second-order valence-corrected chi connectivity index (χ2v) is 7.19. The first-order valence-corrected chi connectivity index (χ1v) is 9.43. The number of esters is 1.